The Labute approximate surface area is 179 Å². The molecule has 4 rings (SSSR count). The number of imidazole rings is 1. The lowest BCUT2D eigenvalue weighted by Gasteiger charge is -2.11. The average Bonchev–Trinajstić information content (AvgIpc) is 3.15. The van der Waals surface area contributed by atoms with Crippen molar-refractivity contribution in [2.45, 2.75) is 20.4 Å². The minimum atomic E-state index is -0.597. The molecule has 0 atom stereocenters. The second-order valence-electron chi connectivity index (χ2n) is 6.54. The first-order valence-corrected chi connectivity index (χ1v) is 9.39. The number of anilines is 1. The van der Waals surface area contributed by atoms with Crippen LogP contribution in [0.2, 0.25) is 5.02 Å². The highest BCUT2D eigenvalue weighted by atomic mass is 35.5. The molecule has 0 amide bonds. The summed E-state index contributed by atoms with van der Waals surface area (Å²) in [6, 6.07) is 7.22. The number of hydrogen-bond acceptors (Lipinski definition) is 8. The Morgan fingerprint density at radius 1 is 1.26 bits per heavy atom. The Balaban J connectivity index is 1.56. The van der Waals surface area contributed by atoms with Crippen molar-refractivity contribution in [2.75, 3.05) is 5.32 Å². The van der Waals surface area contributed by atoms with Crippen molar-refractivity contribution in [3.63, 3.8) is 0 Å². The van der Waals surface area contributed by atoms with Crippen LogP contribution in [0.4, 0.5) is 16.0 Å². The maximum atomic E-state index is 14.3. The number of rotatable bonds is 6. The van der Waals surface area contributed by atoms with Gasteiger partial charge in [0, 0.05) is 24.2 Å². The van der Waals surface area contributed by atoms with Gasteiger partial charge in [-0.05, 0) is 42.1 Å². The van der Waals surface area contributed by atoms with Crippen LogP contribution in [0.3, 0.4) is 0 Å². The van der Waals surface area contributed by atoms with Crippen LogP contribution in [0.5, 0.6) is 11.6 Å². The van der Waals surface area contributed by atoms with Crippen molar-refractivity contribution < 1.29 is 14.1 Å². The monoisotopic (exact) mass is 443 g/mol. The van der Waals surface area contributed by atoms with Crippen LogP contribution in [0, 0.1) is 29.8 Å². The molecule has 3 heterocycles. The minimum absolute atomic E-state index is 0.0872. The molecule has 0 radical (unpaired) electrons. The van der Waals surface area contributed by atoms with Crippen LogP contribution in [0.15, 0.2) is 36.5 Å². The zero-order chi connectivity index (χ0) is 22.1. The van der Waals surface area contributed by atoms with Gasteiger partial charge in [0.25, 0.3) is 5.88 Å². The number of nitro groups is 1. The van der Waals surface area contributed by atoms with Crippen LogP contribution in [-0.4, -0.2) is 29.5 Å². The molecule has 0 fully saturated rings. The SMILES string of the molecule is Cc1nc(C)c(Cl)c(NCc2cc(Oc3ccc4ncc([N+](=O)[O-])n4n3)ccc2F)n1. The molecule has 1 N–H and O–H groups in total. The van der Waals surface area contributed by atoms with Crippen LogP contribution < -0.4 is 10.1 Å². The zero-order valence-corrected chi connectivity index (χ0v) is 17.1. The van der Waals surface area contributed by atoms with Gasteiger partial charge in [-0.2, -0.15) is 0 Å². The lowest BCUT2D eigenvalue weighted by atomic mass is 10.2. The number of halogens is 2. The third-order valence-electron chi connectivity index (χ3n) is 4.32. The molecule has 0 saturated carbocycles. The molecule has 0 saturated heterocycles. The summed E-state index contributed by atoms with van der Waals surface area (Å²) in [7, 11) is 0. The quantitative estimate of drug-likeness (QED) is 0.347. The molecule has 3 aromatic heterocycles. The van der Waals surface area contributed by atoms with Gasteiger partial charge in [-0.15, -0.1) is 0 Å². The Morgan fingerprint density at radius 3 is 2.84 bits per heavy atom. The molecule has 31 heavy (non-hydrogen) atoms. The second kappa shape index (κ2) is 8.11. The summed E-state index contributed by atoms with van der Waals surface area (Å²) in [5.41, 5.74) is 1.22. The van der Waals surface area contributed by atoms with E-state index in [2.05, 4.69) is 25.4 Å². The number of aromatic nitrogens is 5. The van der Waals surface area contributed by atoms with Gasteiger partial charge in [0.15, 0.2) is 0 Å². The molecule has 0 bridgehead atoms. The molecule has 0 aliphatic carbocycles. The van der Waals surface area contributed by atoms with Gasteiger partial charge in [-0.1, -0.05) is 16.1 Å². The number of ether oxygens (including phenoxy) is 1. The second-order valence-corrected chi connectivity index (χ2v) is 6.92. The van der Waals surface area contributed by atoms with Gasteiger partial charge < -0.3 is 20.2 Å². The van der Waals surface area contributed by atoms with Gasteiger partial charge in [0.1, 0.15) is 34.4 Å². The fraction of sp³-hybridized carbons (Fsp3) is 0.158. The van der Waals surface area contributed by atoms with E-state index in [-0.39, 0.29) is 18.2 Å². The highest BCUT2D eigenvalue weighted by Gasteiger charge is 2.17. The summed E-state index contributed by atoms with van der Waals surface area (Å²) in [5.74, 6) is 0.580. The number of nitrogens with zero attached hydrogens (tertiary/aromatic N) is 6. The van der Waals surface area contributed by atoms with Gasteiger partial charge in [0.05, 0.1) is 5.69 Å². The van der Waals surface area contributed by atoms with E-state index in [1.165, 1.54) is 30.3 Å². The summed E-state index contributed by atoms with van der Waals surface area (Å²) in [6.07, 6.45) is 1.11. The first-order valence-electron chi connectivity index (χ1n) is 9.02. The molecule has 1 aromatic carbocycles. The van der Waals surface area contributed by atoms with E-state index in [4.69, 9.17) is 16.3 Å². The average molecular weight is 444 g/mol. The summed E-state index contributed by atoms with van der Waals surface area (Å²) >= 11 is 6.21. The minimum Gasteiger partial charge on any atom is -0.436 e. The molecular formula is C19H15ClFN7O3. The molecule has 4 aromatic rings. The summed E-state index contributed by atoms with van der Waals surface area (Å²) in [5, 5.41) is 18.5. The first-order chi connectivity index (χ1) is 14.8. The van der Waals surface area contributed by atoms with E-state index in [0.717, 1.165) is 10.7 Å². The van der Waals surface area contributed by atoms with Crippen molar-refractivity contribution in [3.05, 3.63) is 74.6 Å². The smallest absolute Gasteiger partial charge is 0.368 e. The predicted molar refractivity (Wildman–Crippen MR) is 110 cm³/mol. The number of fused-ring (bicyclic) bond motifs is 1. The van der Waals surface area contributed by atoms with Crippen LogP contribution in [-0.2, 0) is 6.54 Å². The fourth-order valence-corrected chi connectivity index (χ4v) is 3.04. The maximum absolute atomic E-state index is 14.3. The Hall–Kier alpha value is -3.86. The van der Waals surface area contributed by atoms with E-state index >= 15 is 0 Å². The van der Waals surface area contributed by atoms with Crippen LogP contribution >= 0.6 is 11.6 Å². The Bertz CT molecular complexity index is 1310. The van der Waals surface area contributed by atoms with Crippen molar-refractivity contribution in [1.82, 2.24) is 24.6 Å². The van der Waals surface area contributed by atoms with E-state index in [0.29, 0.717) is 39.3 Å². The maximum Gasteiger partial charge on any atom is 0.368 e. The zero-order valence-electron chi connectivity index (χ0n) is 16.3. The predicted octanol–water partition coefficient (Wildman–Crippen LogP) is 4.24. The molecule has 0 aliphatic rings. The third-order valence-corrected chi connectivity index (χ3v) is 4.77. The van der Waals surface area contributed by atoms with E-state index in [1.54, 1.807) is 13.8 Å². The molecule has 12 heteroatoms. The Morgan fingerprint density at radius 2 is 2.06 bits per heavy atom. The molecule has 10 nitrogen and oxygen atoms in total. The summed E-state index contributed by atoms with van der Waals surface area (Å²) < 4.78 is 21.0. The van der Waals surface area contributed by atoms with Gasteiger partial charge in [-0.25, -0.2) is 19.3 Å². The van der Waals surface area contributed by atoms with Crippen LogP contribution in [0.1, 0.15) is 17.1 Å². The number of hydrogen-bond donors (Lipinski definition) is 1. The third kappa shape index (κ3) is 4.21. The normalized spacial score (nSPS) is 11.0. The van der Waals surface area contributed by atoms with Gasteiger partial charge in [-0.3, -0.25) is 0 Å². The fourth-order valence-electron chi connectivity index (χ4n) is 2.89. The standard InChI is InChI=1S/C19H15ClFN7O3/c1-10-18(20)19(25-11(2)24-10)23-8-12-7-13(3-4-14(12)21)31-16-6-5-15-22-9-17(28(29)30)27(15)26-16/h3-7,9H,8H2,1-2H3,(H,23,24,25). The summed E-state index contributed by atoms with van der Waals surface area (Å²) in [4.78, 5) is 22.8. The number of aryl methyl sites for hydroxylation is 2. The first kappa shape index (κ1) is 20.4. The van der Waals surface area contributed by atoms with Crippen molar-refractivity contribution in [1.29, 1.82) is 0 Å². The van der Waals surface area contributed by atoms with Crippen molar-refractivity contribution in [3.8, 4) is 11.6 Å². The van der Waals surface area contributed by atoms with Gasteiger partial charge >= 0.3 is 5.82 Å². The lowest BCUT2D eigenvalue weighted by Crippen LogP contribution is -2.07. The lowest BCUT2D eigenvalue weighted by molar-refractivity contribution is -0.391. The van der Waals surface area contributed by atoms with E-state index in [1.807, 2.05) is 0 Å². The topological polar surface area (TPSA) is 120 Å². The van der Waals surface area contributed by atoms with Gasteiger partial charge in [0.2, 0.25) is 5.65 Å². The number of benzene rings is 1. The molecular weight excluding hydrogens is 429 g/mol. The van der Waals surface area contributed by atoms with Crippen molar-refractivity contribution >= 4 is 28.9 Å². The largest absolute Gasteiger partial charge is 0.436 e. The molecule has 0 spiro atoms. The molecule has 0 aliphatic heterocycles. The van der Waals surface area contributed by atoms with E-state index < -0.39 is 10.7 Å². The summed E-state index contributed by atoms with van der Waals surface area (Å²) in [6.45, 7) is 3.59. The molecule has 0 unspecified atom stereocenters. The molecule has 158 valence electrons. The highest BCUT2D eigenvalue weighted by molar-refractivity contribution is 6.33. The highest BCUT2D eigenvalue weighted by Crippen LogP contribution is 2.26. The van der Waals surface area contributed by atoms with E-state index in [9.17, 15) is 14.5 Å². The van der Waals surface area contributed by atoms with Crippen molar-refractivity contribution in [2.24, 2.45) is 0 Å². The Kier molecular flexibility index (Phi) is 5.34. The van der Waals surface area contributed by atoms with Crippen LogP contribution in [0.25, 0.3) is 5.65 Å². The number of nitrogens with one attached hydrogen (secondary N) is 1.